The molecule has 0 saturated carbocycles. The third-order valence-corrected chi connectivity index (χ3v) is 5.05. The topological polar surface area (TPSA) is 86.7 Å². The SMILES string of the molecule is CC(CN(C)C)NS(=O)(=O)c1cc(C(=O)O)ccc1Br. The van der Waals surface area contributed by atoms with E-state index in [-0.39, 0.29) is 16.5 Å². The van der Waals surface area contributed by atoms with Crippen molar-refractivity contribution in [2.24, 2.45) is 0 Å². The average molecular weight is 365 g/mol. The lowest BCUT2D eigenvalue weighted by Crippen LogP contribution is -2.39. The van der Waals surface area contributed by atoms with Crippen LogP contribution in [0.25, 0.3) is 0 Å². The number of carboxylic acid groups (broad SMARTS) is 1. The molecule has 1 aromatic rings. The highest BCUT2D eigenvalue weighted by Crippen LogP contribution is 2.23. The molecule has 0 fully saturated rings. The second-order valence-corrected chi connectivity index (χ2v) is 7.27. The van der Waals surface area contributed by atoms with Gasteiger partial charge in [-0.2, -0.15) is 0 Å². The Labute approximate surface area is 127 Å². The minimum atomic E-state index is -3.78. The summed E-state index contributed by atoms with van der Waals surface area (Å²) in [7, 11) is -0.101. The van der Waals surface area contributed by atoms with Gasteiger partial charge in [-0.1, -0.05) is 0 Å². The van der Waals surface area contributed by atoms with Crippen molar-refractivity contribution in [2.45, 2.75) is 17.9 Å². The first kappa shape index (κ1) is 17.1. The van der Waals surface area contributed by atoms with Crippen molar-refractivity contribution in [3.05, 3.63) is 28.2 Å². The fourth-order valence-corrected chi connectivity index (χ4v) is 3.98. The lowest BCUT2D eigenvalue weighted by molar-refractivity contribution is 0.0696. The van der Waals surface area contributed by atoms with Gasteiger partial charge in [0.25, 0.3) is 0 Å². The van der Waals surface area contributed by atoms with Crippen LogP contribution in [0.5, 0.6) is 0 Å². The van der Waals surface area contributed by atoms with Gasteiger partial charge in [-0.25, -0.2) is 17.9 Å². The van der Waals surface area contributed by atoms with E-state index in [4.69, 9.17) is 5.11 Å². The Morgan fingerprint density at radius 3 is 2.55 bits per heavy atom. The van der Waals surface area contributed by atoms with E-state index in [2.05, 4.69) is 20.7 Å². The van der Waals surface area contributed by atoms with Crippen molar-refractivity contribution >= 4 is 31.9 Å². The third-order valence-electron chi connectivity index (χ3n) is 2.46. The first-order chi connectivity index (χ1) is 9.13. The molecule has 0 spiro atoms. The number of nitrogens with zero attached hydrogens (tertiary/aromatic N) is 1. The van der Waals surface area contributed by atoms with Crippen molar-refractivity contribution < 1.29 is 18.3 Å². The van der Waals surface area contributed by atoms with Gasteiger partial charge in [-0.05, 0) is 55.1 Å². The number of likely N-dealkylation sites (N-methyl/N-ethyl adjacent to an activating group) is 1. The average Bonchev–Trinajstić information content (AvgIpc) is 2.26. The Balaban J connectivity index is 3.09. The molecule has 0 amide bonds. The fourth-order valence-electron chi connectivity index (χ4n) is 1.76. The Morgan fingerprint density at radius 1 is 1.45 bits per heavy atom. The molecule has 0 aliphatic heterocycles. The normalized spacial score (nSPS) is 13.4. The molecule has 112 valence electrons. The zero-order valence-electron chi connectivity index (χ0n) is 11.4. The van der Waals surface area contributed by atoms with Gasteiger partial charge in [0.15, 0.2) is 0 Å². The quantitative estimate of drug-likeness (QED) is 0.795. The molecule has 8 heteroatoms. The molecule has 1 unspecified atom stereocenters. The molecule has 0 aliphatic rings. The number of aromatic carboxylic acids is 1. The predicted molar refractivity (Wildman–Crippen MR) is 79.4 cm³/mol. The summed E-state index contributed by atoms with van der Waals surface area (Å²) in [6.07, 6.45) is 0. The summed E-state index contributed by atoms with van der Waals surface area (Å²) in [5, 5.41) is 8.93. The summed E-state index contributed by atoms with van der Waals surface area (Å²) in [5.41, 5.74) is -0.0752. The summed E-state index contributed by atoms with van der Waals surface area (Å²) in [4.78, 5) is 12.7. The number of hydrogen-bond donors (Lipinski definition) is 2. The van der Waals surface area contributed by atoms with Crippen molar-refractivity contribution in [1.82, 2.24) is 9.62 Å². The van der Waals surface area contributed by atoms with Gasteiger partial charge < -0.3 is 10.0 Å². The van der Waals surface area contributed by atoms with E-state index < -0.39 is 16.0 Å². The van der Waals surface area contributed by atoms with Gasteiger partial charge in [0.05, 0.1) is 10.5 Å². The van der Waals surface area contributed by atoms with Crippen LogP contribution in [0, 0.1) is 0 Å². The van der Waals surface area contributed by atoms with Crippen molar-refractivity contribution in [1.29, 1.82) is 0 Å². The highest BCUT2D eigenvalue weighted by Gasteiger charge is 2.22. The van der Waals surface area contributed by atoms with Crippen LogP contribution in [-0.2, 0) is 10.0 Å². The van der Waals surface area contributed by atoms with E-state index in [1.807, 2.05) is 19.0 Å². The maximum Gasteiger partial charge on any atom is 0.335 e. The number of carbonyl (C=O) groups is 1. The summed E-state index contributed by atoms with van der Waals surface area (Å²) < 4.78 is 27.4. The van der Waals surface area contributed by atoms with E-state index in [0.29, 0.717) is 11.0 Å². The standard InChI is InChI=1S/C12H17BrN2O4S/c1-8(7-15(2)3)14-20(18,19)11-6-9(12(16)17)4-5-10(11)13/h4-6,8,14H,7H2,1-3H3,(H,16,17). The molecule has 0 heterocycles. The van der Waals surface area contributed by atoms with E-state index in [1.165, 1.54) is 12.1 Å². The number of hydrogen-bond acceptors (Lipinski definition) is 4. The van der Waals surface area contributed by atoms with Gasteiger partial charge in [0, 0.05) is 17.1 Å². The monoisotopic (exact) mass is 364 g/mol. The maximum absolute atomic E-state index is 12.3. The van der Waals surface area contributed by atoms with E-state index in [1.54, 1.807) is 6.92 Å². The second-order valence-electron chi connectivity index (χ2n) is 4.73. The number of halogens is 1. The van der Waals surface area contributed by atoms with Crippen LogP contribution in [0.15, 0.2) is 27.6 Å². The van der Waals surface area contributed by atoms with Crippen molar-refractivity contribution in [3.8, 4) is 0 Å². The van der Waals surface area contributed by atoms with E-state index in [9.17, 15) is 13.2 Å². The fraction of sp³-hybridized carbons (Fsp3) is 0.417. The van der Waals surface area contributed by atoms with Crippen LogP contribution < -0.4 is 4.72 Å². The molecule has 0 radical (unpaired) electrons. The maximum atomic E-state index is 12.3. The predicted octanol–water partition coefficient (Wildman–Crippen LogP) is 1.38. The Kier molecular flexibility index (Phi) is 5.69. The summed E-state index contributed by atoms with van der Waals surface area (Å²) in [6.45, 7) is 2.28. The van der Waals surface area contributed by atoms with Crippen LogP contribution in [0.4, 0.5) is 0 Å². The first-order valence-electron chi connectivity index (χ1n) is 5.83. The van der Waals surface area contributed by atoms with E-state index >= 15 is 0 Å². The van der Waals surface area contributed by atoms with Gasteiger partial charge in [-0.3, -0.25) is 0 Å². The Bertz CT molecular complexity index is 601. The molecular weight excluding hydrogens is 348 g/mol. The summed E-state index contributed by atoms with van der Waals surface area (Å²) in [5.74, 6) is -1.17. The largest absolute Gasteiger partial charge is 0.478 e. The van der Waals surface area contributed by atoms with Crippen LogP contribution in [0.3, 0.4) is 0 Å². The lowest BCUT2D eigenvalue weighted by Gasteiger charge is -2.18. The van der Waals surface area contributed by atoms with Gasteiger partial charge >= 0.3 is 5.97 Å². The lowest BCUT2D eigenvalue weighted by atomic mass is 10.2. The minimum absolute atomic E-state index is 0.0752. The molecule has 20 heavy (non-hydrogen) atoms. The number of rotatable bonds is 6. The minimum Gasteiger partial charge on any atom is -0.478 e. The second kappa shape index (κ2) is 6.66. The van der Waals surface area contributed by atoms with Crippen LogP contribution >= 0.6 is 15.9 Å². The highest BCUT2D eigenvalue weighted by molar-refractivity contribution is 9.10. The first-order valence-corrected chi connectivity index (χ1v) is 8.11. The molecule has 6 nitrogen and oxygen atoms in total. The Hall–Kier alpha value is -0.960. The number of benzene rings is 1. The molecule has 2 N–H and O–H groups in total. The summed E-state index contributed by atoms with van der Waals surface area (Å²) >= 11 is 3.13. The zero-order valence-corrected chi connectivity index (χ0v) is 13.8. The van der Waals surface area contributed by atoms with Gasteiger partial charge in [-0.15, -0.1) is 0 Å². The molecule has 1 aromatic carbocycles. The van der Waals surface area contributed by atoms with Crippen LogP contribution in [0.2, 0.25) is 0 Å². The van der Waals surface area contributed by atoms with Crippen LogP contribution in [0.1, 0.15) is 17.3 Å². The zero-order chi connectivity index (χ0) is 15.5. The number of carboxylic acids is 1. The molecule has 0 aromatic heterocycles. The smallest absolute Gasteiger partial charge is 0.335 e. The highest BCUT2D eigenvalue weighted by atomic mass is 79.9. The van der Waals surface area contributed by atoms with E-state index in [0.717, 1.165) is 6.07 Å². The molecule has 1 rings (SSSR count). The number of nitrogens with one attached hydrogen (secondary N) is 1. The third kappa shape index (κ3) is 4.55. The van der Waals surface area contributed by atoms with Gasteiger partial charge in [0.1, 0.15) is 0 Å². The van der Waals surface area contributed by atoms with Crippen LogP contribution in [-0.4, -0.2) is 51.1 Å². The Morgan fingerprint density at radius 2 is 2.05 bits per heavy atom. The molecule has 0 saturated heterocycles. The van der Waals surface area contributed by atoms with Crippen molar-refractivity contribution in [3.63, 3.8) is 0 Å². The molecule has 0 bridgehead atoms. The molecular formula is C12H17BrN2O4S. The number of sulfonamides is 1. The molecule has 1 atom stereocenters. The molecule has 0 aliphatic carbocycles. The van der Waals surface area contributed by atoms with Gasteiger partial charge in [0.2, 0.25) is 10.0 Å². The van der Waals surface area contributed by atoms with Crippen molar-refractivity contribution in [2.75, 3.05) is 20.6 Å². The summed E-state index contributed by atoms with van der Waals surface area (Å²) in [6, 6.07) is 3.59.